The summed E-state index contributed by atoms with van der Waals surface area (Å²) in [5.41, 5.74) is 0.793. The third-order valence-corrected chi connectivity index (χ3v) is 3.00. The Kier molecular flexibility index (Phi) is 3.24. The monoisotopic (exact) mass is 262 g/mol. The van der Waals surface area contributed by atoms with E-state index >= 15 is 0 Å². The Hall–Kier alpha value is -1.83. The van der Waals surface area contributed by atoms with Crippen LogP contribution in [0.25, 0.3) is 0 Å². The molecule has 0 amide bonds. The summed E-state index contributed by atoms with van der Waals surface area (Å²) >= 11 is 0. The molecule has 3 heterocycles. The molecule has 1 aliphatic heterocycles. The highest BCUT2D eigenvalue weighted by atomic mass is 16.7. The minimum atomic E-state index is -0.977. The minimum Gasteiger partial charge on any atom is -0.394 e. The highest BCUT2D eigenvalue weighted by Gasteiger charge is 2.44. The van der Waals surface area contributed by atoms with Gasteiger partial charge in [-0.25, -0.2) is 9.67 Å². The van der Waals surface area contributed by atoms with Crippen molar-refractivity contribution >= 4 is 0 Å². The second-order valence-electron chi connectivity index (χ2n) is 4.32. The van der Waals surface area contributed by atoms with Crippen LogP contribution in [0.1, 0.15) is 5.56 Å². The predicted octanol–water partition coefficient (Wildman–Crippen LogP) is -0.0662. The number of aliphatic hydroxyl groups is 1. The number of aromatic nitrogens is 4. The van der Waals surface area contributed by atoms with Crippen LogP contribution in [0.4, 0.5) is 0 Å². The molecule has 1 aliphatic rings. The van der Waals surface area contributed by atoms with Crippen LogP contribution in [0.15, 0.2) is 37.2 Å². The molecule has 0 spiro atoms. The molecule has 2 aromatic heterocycles. The van der Waals surface area contributed by atoms with E-state index in [0.29, 0.717) is 13.2 Å². The lowest BCUT2D eigenvalue weighted by Gasteiger charge is -2.27. The van der Waals surface area contributed by atoms with Crippen LogP contribution >= 0.6 is 0 Å². The normalized spacial score (nSPS) is 26.7. The van der Waals surface area contributed by atoms with Gasteiger partial charge in [0, 0.05) is 18.0 Å². The summed E-state index contributed by atoms with van der Waals surface area (Å²) in [4.78, 5) is 7.99. The highest BCUT2D eigenvalue weighted by Crippen LogP contribution is 2.35. The van der Waals surface area contributed by atoms with Gasteiger partial charge in [0.1, 0.15) is 25.3 Å². The number of rotatable bonds is 4. The molecule has 7 nitrogen and oxygen atoms in total. The van der Waals surface area contributed by atoms with Gasteiger partial charge in [0.25, 0.3) is 0 Å². The van der Waals surface area contributed by atoms with Gasteiger partial charge in [-0.3, -0.25) is 4.98 Å². The van der Waals surface area contributed by atoms with Crippen molar-refractivity contribution in [2.45, 2.75) is 18.4 Å². The fraction of sp³-hybridized carbons (Fsp3) is 0.417. The zero-order valence-corrected chi connectivity index (χ0v) is 10.2. The van der Waals surface area contributed by atoms with Crippen LogP contribution in [0, 0.1) is 0 Å². The van der Waals surface area contributed by atoms with Gasteiger partial charge in [-0.2, -0.15) is 5.10 Å². The molecule has 1 fully saturated rings. The average Bonchev–Trinajstić information content (AvgIpc) is 3.10. The molecule has 0 radical (unpaired) electrons. The van der Waals surface area contributed by atoms with Crippen molar-refractivity contribution in [2.75, 3.05) is 13.2 Å². The first-order valence-corrected chi connectivity index (χ1v) is 5.98. The van der Waals surface area contributed by atoms with Crippen molar-refractivity contribution in [3.8, 4) is 0 Å². The zero-order valence-electron chi connectivity index (χ0n) is 10.2. The summed E-state index contributed by atoms with van der Waals surface area (Å²) in [7, 11) is 0. The second kappa shape index (κ2) is 5.04. The van der Waals surface area contributed by atoms with Crippen LogP contribution in [-0.4, -0.2) is 44.2 Å². The lowest BCUT2D eigenvalue weighted by atomic mass is 10.1. The quantitative estimate of drug-likeness (QED) is 0.830. The first-order chi connectivity index (χ1) is 9.32. The van der Waals surface area contributed by atoms with Crippen LogP contribution < -0.4 is 0 Å². The van der Waals surface area contributed by atoms with Gasteiger partial charge in [-0.15, -0.1) is 0 Å². The van der Waals surface area contributed by atoms with Gasteiger partial charge < -0.3 is 14.6 Å². The number of ether oxygens (including phenoxy) is 2. The molecule has 0 aromatic carbocycles. The molecule has 0 aliphatic carbocycles. The molecule has 3 rings (SSSR count). The summed E-state index contributed by atoms with van der Waals surface area (Å²) in [6, 6.07) is 3.70. The van der Waals surface area contributed by atoms with Gasteiger partial charge >= 0.3 is 0 Å². The number of hydrogen-bond acceptors (Lipinski definition) is 6. The number of nitrogens with zero attached hydrogens (tertiary/aromatic N) is 4. The molecule has 2 unspecified atom stereocenters. The summed E-state index contributed by atoms with van der Waals surface area (Å²) < 4.78 is 13.3. The smallest absolute Gasteiger partial charge is 0.217 e. The van der Waals surface area contributed by atoms with Crippen LogP contribution in [0.3, 0.4) is 0 Å². The van der Waals surface area contributed by atoms with E-state index < -0.39 is 5.79 Å². The lowest BCUT2D eigenvalue weighted by Crippen LogP contribution is -2.34. The number of hydrogen-bond donors (Lipinski definition) is 1. The fourth-order valence-electron chi connectivity index (χ4n) is 2.10. The van der Waals surface area contributed by atoms with Crippen LogP contribution in [0.5, 0.6) is 0 Å². The molecular weight excluding hydrogens is 248 g/mol. The minimum absolute atomic E-state index is 0.0840. The Morgan fingerprint density at radius 3 is 3.05 bits per heavy atom. The molecule has 7 heteroatoms. The molecule has 100 valence electrons. The van der Waals surface area contributed by atoms with Crippen molar-refractivity contribution in [3.63, 3.8) is 0 Å². The third kappa shape index (κ3) is 2.35. The van der Waals surface area contributed by atoms with E-state index in [-0.39, 0.29) is 12.7 Å². The Balaban J connectivity index is 1.92. The topological polar surface area (TPSA) is 82.3 Å². The Labute approximate surface area is 109 Å². The Morgan fingerprint density at radius 2 is 2.42 bits per heavy atom. The van der Waals surface area contributed by atoms with Gasteiger partial charge in [0.15, 0.2) is 0 Å². The number of pyridine rings is 1. The van der Waals surface area contributed by atoms with Gasteiger partial charge in [-0.05, 0) is 6.07 Å². The van der Waals surface area contributed by atoms with Gasteiger partial charge in [-0.1, -0.05) is 6.07 Å². The lowest BCUT2D eigenvalue weighted by molar-refractivity contribution is -0.191. The maximum absolute atomic E-state index is 9.22. The standard InChI is InChI=1S/C12H14N4O3/c17-5-11-6-18-12(19-11,7-16-9-14-8-15-16)10-2-1-3-13-4-10/h1-4,8-9,11,17H,5-7H2. The second-order valence-corrected chi connectivity index (χ2v) is 4.32. The van der Waals surface area contributed by atoms with E-state index in [0.717, 1.165) is 5.56 Å². The average molecular weight is 262 g/mol. The molecule has 0 saturated carbocycles. The molecule has 19 heavy (non-hydrogen) atoms. The summed E-state index contributed by atoms with van der Waals surface area (Å²) in [6.07, 6.45) is 6.08. The summed E-state index contributed by atoms with van der Waals surface area (Å²) in [6.45, 7) is 0.606. The maximum Gasteiger partial charge on any atom is 0.217 e. The van der Waals surface area contributed by atoms with E-state index in [2.05, 4.69) is 15.1 Å². The predicted molar refractivity (Wildman–Crippen MR) is 63.8 cm³/mol. The van der Waals surface area contributed by atoms with Crippen molar-refractivity contribution in [1.29, 1.82) is 0 Å². The van der Waals surface area contributed by atoms with Crippen LogP contribution in [0.2, 0.25) is 0 Å². The maximum atomic E-state index is 9.22. The van der Waals surface area contributed by atoms with Gasteiger partial charge in [0.05, 0.1) is 13.2 Å². The molecular formula is C12H14N4O3. The van der Waals surface area contributed by atoms with Gasteiger partial charge in [0.2, 0.25) is 5.79 Å². The van der Waals surface area contributed by atoms with Crippen molar-refractivity contribution in [1.82, 2.24) is 19.7 Å². The molecule has 2 atom stereocenters. The van der Waals surface area contributed by atoms with E-state index in [1.807, 2.05) is 12.1 Å². The number of aliphatic hydroxyl groups excluding tert-OH is 1. The molecule has 0 bridgehead atoms. The Morgan fingerprint density at radius 1 is 1.47 bits per heavy atom. The molecule has 1 N–H and O–H groups in total. The summed E-state index contributed by atoms with van der Waals surface area (Å²) in [5.74, 6) is -0.977. The Bertz CT molecular complexity index is 519. The first-order valence-electron chi connectivity index (χ1n) is 5.98. The van der Waals surface area contributed by atoms with E-state index in [1.165, 1.54) is 6.33 Å². The van der Waals surface area contributed by atoms with Crippen molar-refractivity contribution < 1.29 is 14.6 Å². The van der Waals surface area contributed by atoms with Crippen LogP contribution in [-0.2, 0) is 21.8 Å². The highest BCUT2D eigenvalue weighted by molar-refractivity contribution is 5.16. The molecule has 2 aromatic rings. The third-order valence-electron chi connectivity index (χ3n) is 3.00. The van der Waals surface area contributed by atoms with Crippen molar-refractivity contribution in [2.24, 2.45) is 0 Å². The largest absolute Gasteiger partial charge is 0.394 e. The fourth-order valence-corrected chi connectivity index (χ4v) is 2.10. The van der Waals surface area contributed by atoms with E-state index in [1.54, 1.807) is 23.4 Å². The van der Waals surface area contributed by atoms with E-state index in [9.17, 15) is 5.11 Å². The molecule has 1 saturated heterocycles. The van der Waals surface area contributed by atoms with E-state index in [4.69, 9.17) is 9.47 Å². The zero-order chi connectivity index (χ0) is 13.1. The first kappa shape index (κ1) is 12.2. The summed E-state index contributed by atoms with van der Waals surface area (Å²) in [5, 5.41) is 13.3. The van der Waals surface area contributed by atoms with Crippen molar-refractivity contribution in [3.05, 3.63) is 42.7 Å². The SMILES string of the molecule is OCC1COC(Cn2cncn2)(c2cccnc2)O1.